The van der Waals surface area contributed by atoms with Gasteiger partial charge in [-0.25, -0.2) is 0 Å². The molecule has 4 heteroatoms. The first kappa shape index (κ1) is 13.6. The van der Waals surface area contributed by atoms with Crippen molar-refractivity contribution in [2.45, 2.75) is 26.2 Å². The van der Waals surface area contributed by atoms with Crippen LogP contribution in [0.4, 0.5) is 0 Å². The number of nitrogens with one attached hydrogen (secondary N) is 1. The normalized spacial score (nSPS) is 9.94. The Balaban J connectivity index is 2.29. The minimum atomic E-state index is 0.0458. The minimum absolute atomic E-state index is 0.0458. The lowest BCUT2D eigenvalue weighted by Gasteiger charge is -2.06. The molecule has 1 amide bonds. The number of nitrogens with two attached hydrogens (primary N) is 1. The molecule has 1 aromatic rings. The van der Waals surface area contributed by atoms with Crippen LogP contribution in [0.2, 0.25) is 0 Å². The van der Waals surface area contributed by atoms with E-state index in [1.807, 2.05) is 12.1 Å². The van der Waals surface area contributed by atoms with E-state index in [1.165, 1.54) is 11.1 Å². The van der Waals surface area contributed by atoms with Crippen molar-refractivity contribution in [3.63, 3.8) is 0 Å². The maximum Gasteiger partial charge on any atom is 0.220 e. The molecule has 0 bridgehead atoms. The molecule has 0 atom stereocenters. The van der Waals surface area contributed by atoms with E-state index in [0.717, 1.165) is 6.42 Å². The van der Waals surface area contributed by atoms with Crippen LogP contribution in [0, 0.1) is 6.92 Å². The van der Waals surface area contributed by atoms with Crippen LogP contribution in [-0.4, -0.2) is 17.4 Å². The van der Waals surface area contributed by atoms with Gasteiger partial charge in [0.05, 0.1) is 4.99 Å². The third-order valence-electron chi connectivity index (χ3n) is 2.58. The number of amides is 1. The highest BCUT2D eigenvalue weighted by molar-refractivity contribution is 7.80. The zero-order valence-corrected chi connectivity index (χ0v) is 10.8. The van der Waals surface area contributed by atoms with E-state index in [2.05, 4.69) is 24.4 Å². The summed E-state index contributed by atoms with van der Waals surface area (Å²) in [5.74, 6) is 0.0458. The number of carbonyl (C=O) groups excluding carboxylic acids is 1. The molecular formula is C13H18N2OS. The standard InChI is InChI=1S/C13H18N2OS/c1-10-4-2-3-5-11(10)6-7-13(16)15-9-8-12(14)17/h2-5H,6-9H2,1H3,(H2,14,17)(H,15,16). The Morgan fingerprint density at radius 2 is 2.06 bits per heavy atom. The fourth-order valence-electron chi connectivity index (χ4n) is 1.55. The number of carbonyl (C=O) groups is 1. The smallest absolute Gasteiger partial charge is 0.220 e. The second-order valence-corrected chi connectivity index (χ2v) is 4.52. The van der Waals surface area contributed by atoms with Crippen LogP contribution >= 0.6 is 12.2 Å². The van der Waals surface area contributed by atoms with Gasteiger partial charge in [-0.05, 0) is 24.5 Å². The Hall–Kier alpha value is -1.42. The largest absolute Gasteiger partial charge is 0.393 e. The summed E-state index contributed by atoms with van der Waals surface area (Å²) in [6.45, 7) is 2.59. The average molecular weight is 250 g/mol. The number of hydrogen-bond acceptors (Lipinski definition) is 2. The zero-order chi connectivity index (χ0) is 12.7. The van der Waals surface area contributed by atoms with Gasteiger partial charge in [-0.1, -0.05) is 36.5 Å². The van der Waals surface area contributed by atoms with Crippen molar-refractivity contribution in [2.24, 2.45) is 5.73 Å². The van der Waals surface area contributed by atoms with E-state index in [1.54, 1.807) is 0 Å². The molecule has 3 nitrogen and oxygen atoms in total. The monoisotopic (exact) mass is 250 g/mol. The van der Waals surface area contributed by atoms with Crippen LogP contribution in [-0.2, 0) is 11.2 Å². The van der Waals surface area contributed by atoms with E-state index in [-0.39, 0.29) is 5.91 Å². The highest BCUT2D eigenvalue weighted by Gasteiger charge is 2.03. The predicted molar refractivity (Wildman–Crippen MR) is 73.9 cm³/mol. The summed E-state index contributed by atoms with van der Waals surface area (Å²) >= 11 is 4.73. The van der Waals surface area contributed by atoms with E-state index < -0.39 is 0 Å². The summed E-state index contributed by atoms with van der Waals surface area (Å²) in [7, 11) is 0. The number of thiocarbonyl (C=S) groups is 1. The van der Waals surface area contributed by atoms with E-state index in [9.17, 15) is 4.79 Å². The molecule has 0 aliphatic rings. The molecule has 0 spiro atoms. The van der Waals surface area contributed by atoms with Crippen molar-refractivity contribution in [1.29, 1.82) is 0 Å². The van der Waals surface area contributed by atoms with Gasteiger partial charge in [0, 0.05) is 19.4 Å². The van der Waals surface area contributed by atoms with Gasteiger partial charge in [0.15, 0.2) is 0 Å². The fraction of sp³-hybridized carbons (Fsp3) is 0.385. The third-order valence-corrected chi connectivity index (χ3v) is 2.78. The number of benzene rings is 1. The summed E-state index contributed by atoms with van der Waals surface area (Å²) in [4.78, 5) is 11.9. The van der Waals surface area contributed by atoms with Crippen molar-refractivity contribution >= 4 is 23.1 Å². The summed E-state index contributed by atoms with van der Waals surface area (Å²) in [5, 5.41) is 2.80. The zero-order valence-electron chi connectivity index (χ0n) is 10.0. The molecule has 3 N–H and O–H groups in total. The quantitative estimate of drug-likeness (QED) is 0.756. The van der Waals surface area contributed by atoms with Crippen LogP contribution < -0.4 is 11.1 Å². The summed E-state index contributed by atoms with van der Waals surface area (Å²) in [5.41, 5.74) is 7.79. The van der Waals surface area contributed by atoms with Gasteiger partial charge >= 0.3 is 0 Å². The molecule has 0 saturated carbocycles. The molecule has 0 aliphatic heterocycles. The van der Waals surface area contributed by atoms with Crippen LogP contribution in [0.5, 0.6) is 0 Å². The number of aryl methyl sites for hydroxylation is 2. The second kappa shape index (κ2) is 7.01. The Bertz CT molecular complexity index is 404. The van der Waals surface area contributed by atoms with Gasteiger partial charge in [-0.15, -0.1) is 0 Å². The van der Waals surface area contributed by atoms with Gasteiger partial charge in [-0.3, -0.25) is 4.79 Å². The highest BCUT2D eigenvalue weighted by Crippen LogP contribution is 2.09. The predicted octanol–water partition coefficient (Wildman–Crippen LogP) is 1.72. The van der Waals surface area contributed by atoms with Crippen molar-refractivity contribution < 1.29 is 4.79 Å². The van der Waals surface area contributed by atoms with Gasteiger partial charge in [-0.2, -0.15) is 0 Å². The van der Waals surface area contributed by atoms with Gasteiger partial charge in [0.2, 0.25) is 5.91 Å². The SMILES string of the molecule is Cc1ccccc1CCC(=O)NCCC(N)=S. The van der Waals surface area contributed by atoms with E-state index >= 15 is 0 Å². The molecule has 92 valence electrons. The van der Waals surface area contributed by atoms with Crippen LogP contribution in [0.25, 0.3) is 0 Å². The number of rotatable bonds is 6. The number of hydrogen-bond donors (Lipinski definition) is 2. The summed E-state index contributed by atoms with van der Waals surface area (Å²) in [6.07, 6.45) is 1.83. The molecule has 0 radical (unpaired) electrons. The topological polar surface area (TPSA) is 55.1 Å². The Morgan fingerprint density at radius 1 is 1.35 bits per heavy atom. The third kappa shape index (κ3) is 5.45. The molecule has 0 fully saturated rings. The lowest BCUT2D eigenvalue weighted by atomic mass is 10.0. The lowest BCUT2D eigenvalue weighted by molar-refractivity contribution is -0.120. The van der Waals surface area contributed by atoms with E-state index in [4.69, 9.17) is 18.0 Å². The Kier molecular flexibility index (Phi) is 5.63. The first-order valence-electron chi connectivity index (χ1n) is 5.69. The van der Waals surface area contributed by atoms with Crippen molar-refractivity contribution in [1.82, 2.24) is 5.32 Å². The molecule has 0 unspecified atom stereocenters. The summed E-state index contributed by atoms with van der Waals surface area (Å²) in [6, 6.07) is 8.10. The van der Waals surface area contributed by atoms with Gasteiger partial charge < -0.3 is 11.1 Å². The van der Waals surface area contributed by atoms with Crippen molar-refractivity contribution in [3.8, 4) is 0 Å². The molecule has 0 aliphatic carbocycles. The highest BCUT2D eigenvalue weighted by atomic mass is 32.1. The van der Waals surface area contributed by atoms with E-state index in [0.29, 0.717) is 24.4 Å². The fourth-order valence-corrected chi connectivity index (χ4v) is 1.65. The van der Waals surface area contributed by atoms with Gasteiger partial charge in [0.1, 0.15) is 0 Å². The van der Waals surface area contributed by atoms with Crippen molar-refractivity contribution in [3.05, 3.63) is 35.4 Å². The molecule has 0 heterocycles. The van der Waals surface area contributed by atoms with Crippen molar-refractivity contribution in [2.75, 3.05) is 6.54 Å². The second-order valence-electron chi connectivity index (χ2n) is 3.99. The maximum atomic E-state index is 11.5. The lowest BCUT2D eigenvalue weighted by Crippen LogP contribution is -2.27. The first-order chi connectivity index (χ1) is 8.09. The van der Waals surface area contributed by atoms with Crippen LogP contribution in [0.1, 0.15) is 24.0 Å². The van der Waals surface area contributed by atoms with Gasteiger partial charge in [0.25, 0.3) is 0 Å². The Labute approximate surface area is 107 Å². The first-order valence-corrected chi connectivity index (χ1v) is 6.10. The molecule has 1 rings (SSSR count). The van der Waals surface area contributed by atoms with Crippen LogP contribution in [0.15, 0.2) is 24.3 Å². The maximum absolute atomic E-state index is 11.5. The summed E-state index contributed by atoms with van der Waals surface area (Å²) < 4.78 is 0. The minimum Gasteiger partial charge on any atom is -0.393 e. The Morgan fingerprint density at radius 3 is 2.71 bits per heavy atom. The molecular weight excluding hydrogens is 232 g/mol. The molecule has 17 heavy (non-hydrogen) atoms. The van der Waals surface area contributed by atoms with Crippen LogP contribution in [0.3, 0.4) is 0 Å². The molecule has 1 aromatic carbocycles. The molecule has 0 saturated heterocycles. The average Bonchev–Trinajstić information content (AvgIpc) is 2.27. The molecule has 0 aromatic heterocycles.